The Balaban J connectivity index is 1.48. The predicted octanol–water partition coefficient (Wildman–Crippen LogP) is 4.46. The zero-order valence-electron chi connectivity index (χ0n) is 19.6. The van der Waals surface area contributed by atoms with E-state index in [1.165, 1.54) is 0 Å². The number of nitrogens with zero attached hydrogens (tertiary/aromatic N) is 1. The van der Waals surface area contributed by atoms with Crippen LogP contribution in [-0.2, 0) is 20.7 Å². The molecule has 9 heteroatoms. The summed E-state index contributed by atoms with van der Waals surface area (Å²) in [6.07, 6.45) is 3.32. The lowest BCUT2D eigenvalue weighted by molar-refractivity contribution is -0.151. The molecule has 8 nitrogen and oxygen atoms in total. The summed E-state index contributed by atoms with van der Waals surface area (Å²) in [5.41, 5.74) is 2.55. The van der Waals surface area contributed by atoms with Crippen LogP contribution in [0.25, 0.3) is 10.9 Å². The van der Waals surface area contributed by atoms with Crippen LogP contribution < -0.4 is 10.6 Å². The molecule has 1 aliphatic rings. The number of carbonyl (C=O) groups is 3. The summed E-state index contributed by atoms with van der Waals surface area (Å²) < 4.78 is 6.04. The Morgan fingerprint density at radius 2 is 1.83 bits per heavy atom. The quantitative estimate of drug-likeness (QED) is 0.384. The van der Waals surface area contributed by atoms with Gasteiger partial charge in [0.1, 0.15) is 6.04 Å². The molecule has 0 spiro atoms. The number of anilines is 1. The van der Waals surface area contributed by atoms with Gasteiger partial charge in [0, 0.05) is 46.8 Å². The second kappa shape index (κ2) is 11.4. The van der Waals surface area contributed by atoms with Crippen molar-refractivity contribution in [3.8, 4) is 0 Å². The van der Waals surface area contributed by atoms with Crippen LogP contribution in [-0.4, -0.2) is 53.5 Å². The smallest absolute Gasteiger partial charge is 0.319 e. The number of hydrogen-bond donors (Lipinski definition) is 3. The van der Waals surface area contributed by atoms with Crippen molar-refractivity contribution in [2.24, 2.45) is 5.92 Å². The molecule has 1 aliphatic heterocycles. The molecule has 2 aromatic carbocycles. The molecule has 0 radical (unpaired) electrons. The SMILES string of the molecule is CCOC(=O)C1CCN(C(=O)[C@@H](Cc2c[nH]c3ccccc23)NC(=O)Nc2ccc(Br)cc2)CC1. The highest BCUT2D eigenvalue weighted by Crippen LogP contribution is 2.23. The van der Waals surface area contributed by atoms with Crippen LogP contribution in [0.5, 0.6) is 0 Å². The summed E-state index contributed by atoms with van der Waals surface area (Å²) in [7, 11) is 0. The first-order valence-electron chi connectivity index (χ1n) is 11.8. The minimum Gasteiger partial charge on any atom is -0.466 e. The van der Waals surface area contributed by atoms with E-state index in [9.17, 15) is 14.4 Å². The van der Waals surface area contributed by atoms with E-state index >= 15 is 0 Å². The second-order valence-electron chi connectivity index (χ2n) is 8.57. The van der Waals surface area contributed by atoms with Crippen molar-refractivity contribution in [3.05, 3.63) is 64.8 Å². The fourth-order valence-electron chi connectivity index (χ4n) is 4.40. The molecule has 0 unspecified atom stereocenters. The third kappa shape index (κ3) is 6.22. The molecular weight excluding hydrogens is 512 g/mol. The number of piperidine rings is 1. The Morgan fingerprint density at radius 1 is 1.11 bits per heavy atom. The van der Waals surface area contributed by atoms with Crippen molar-refractivity contribution in [2.45, 2.75) is 32.2 Å². The first kappa shape index (κ1) is 24.8. The monoisotopic (exact) mass is 540 g/mol. The number of ether oxygens (including phenoxy) is 1. The number of para-hydroxylation sites is 1. The maximum Gasteiger partial charge on any atom is 0.319 e. The van der Waals surface area contributed by atoms with Crippen LogP contribution in [0, 0.1) is 5.92 Å². The summed E-state index contributed by atoms with van der Waals surface area (Å²) in [5.74, 6) is -0.565. The van der Waals surface area contributed by atoms with Crippen LogP contribution in [0.1, 0.15) is 25.3 Å². The van der Waals surface area contributed by atoms with Gasteiger partial charge in [0.15, 0.2) is 0 Å². The van der Waals surface area contributed by atoms with E-state index in [-0.39, 0.29) is 17.8 Å². The fraction of sp³-hybridized carbons (Fsp3) is 0.346. The number of rotatable bonds is 7. The third-order valence-corrected chi connectivity index (χ3v) is 6.76. The number of nitrogens with one attached hydrogen (secondary N) is 3. The van der Waals surface area contributed by atoms with Crippen LogP contribution >= 0.6 is 15.9 Å². The molecule has 3 amide bonds. The lowest BCUT2D eigenvalue weighted by atomic mass is 9.95. The first-order valence-corrected chi connectivity index (χ1v) is 12.6. The van der Waals surface area contributed by atoms with Gasteiger partial charge in [-0.1, -0.05) is 34.1 Å². The highest BCUT2D eigenvalue weighted by molar-refractivity contribution is 9.10. The molecule has 4 rings (SSSR count). The minimum atomic E-state index is -0.760. The van der Waals surface area contributed by atoms with Gasteiger partial charge in [0.05, 0.1) is 12.5 Å². The summed E-state index contributed by atoms with van der Waals surface area (Å²) in [4.78, 5) is 43.4. The van der Waals surface area contributed by atoms with Gasteiger partial charge in [0.2, 0.25) is 5.91 Å². The zero-order valence-corrected chi connectivity index (χ0v) is 21.1. The lowest BCUT2D eigenvalue weighted by Crippen LogP contribution is -2.53. The number of amides is 3. The van der Waals surface area contributed by atoms with Gasteiger partial charge in [-0.3, -0.25) is 9.59 Å². The summed E-state index contributed by atoms with van der Waals surface area (Å²) in [6, 6.07) is 13.9. The number of likely N-dealkylation sites (tertiary alicyclic amines) is 1. The van der Waals surface area contributed by atoms with Crippen molar-refractivity contribution >= 4 is 50.4 Å². The standard InChI is InChI=1S/C26H29BrN4O4/c1-2-35-25(33)17-11-13-31(14-12-17)24(32)23(15-18-16-28-22-6-4-3-5-21(18)22)30-26(34)29-20-9-7-19(27)8-10-20/h3-10,16-17,23,28H,2,11-15H2,1H3,(H2,29,30,34)/t23-/m1/s1. The topological polar surface area (TPSA) is 104 Å². The van der Waals surface area contributed by atoms with Gasteiger partial charge >= 0.3 is 12.0 Å². The molecule has 0 saturated carbocycles. The molecule has 0 bridgehead atoms. The predicted molar refractivity (Wildman–Crippen MR) is 138 cm³/mol. The number of halogens is 1. The normalized spacial score (nSPS) is 15.0. The van der Waals surface area contributed by atoms with E-state index in [1.54, 1.807) is 24.0 Å². The highest BCUT2D eigenvalue weighted by Gasteiger charge is 2.32. The van der Waals surface area contributed by atoms with Gasteiger partial charge < -0.3 is 25.3 Å². The van der Waals surface area contributed by atoms with Crippen molar-refractivity contribution in [3.63, 3.8) is 0 Å². The number of benzene rings is 2. The Bertz CT molecular complexity index is 1190. The fourth-order valence-corrected chi connectivity index (χ4v) is 4.66. The average Bonchev–Trinajstić information content (AvgIpc) is 3.27. The van der Waals surface area contributed by atoms with Crippen LogP contribution in [0.4, 0.5) is 10.5 Å². The summed E-state index contributed by atoms with van der Waals surface area (Å²) in [5, 5.41) is 6.69. The number of fused-ring (bicyclic) bond motifs is 1. The molecule has 35 heavy (non-hydrogen) atoms. The molecule has 0 aliphatic carbocycles. The van der Waals surface area contributed by atoms with Gasteiger partial charge in [-0.05, 0) is 55.7 Å². The van der Waals surface area contributed by atoms with Crippen molar-refractivity contribution in [1.82, 2.24) is 15.2 Å². The third-order valence-electron chi connectivity index (χ3n) is 6.23. The van der Waals surface area contributed by atoms with Crippen LogP contribution in [0.3, 0.4) is 0 Å². The molecule has 3 aromatic rings. The number of esters is 1. The van der Waals surface area contributed by atoms with Gasteiger partial charge in [-0.2, -0.15) is 0 Å². The Labute approximate surface area is 212 Å². The Kier molecular flexibility index (Phi) is 8.07. The van der Waals surface area contributed by atoms with E-state index in [0.717, 1.165) is 20.9 Å². The zero-order chi connectivity index (χ0) is 24.8. The van der Waals surface area contributed by atoms with Crippen molar-refractivity contribution in [2.75, 3.05) is 25.0 Å². The summed E-state index contributed by atoms with van der Waals surface area (Å²) >= 11 is 3.38. The first-order chi connectivity index (χ1) is 16.9. The second-order valence-corrected chi connectivity index (χ2v) is 9.49. The maximum absolute atomic E-state index is 13.5. The maximum atomic E-state index is 13.5. The number of carbonyl (C=O) groups excluding carboxylic acids is 3. The van der Waals surface area contributed by atoms with Crippen molar-refractivity contribution in [1.29, 1.82) is 0 Å². The van der Waals surface area contributed by atoms with E-state index in [0.29, 0.717) is 44.6 Å². The minimum absolute atomic E-state index is 0.163. The average molecular weight is 541 g/mol. The summed E-state index contributed by atoms with van der Waals surface area (Å²) in [6.45, 7) is 3.03. The van der Waals surface area contributed by atoms with E-state index in [4.69, 9.17) is 4.74 Å². The number of urea groups is 1. The molecule has 1 fully saturated rings. The molecule has 1 saturated heterocycles. The molecule has 1 atom stereocenters. The van der Waals surface area contributed by atoms with E-state index in [1.807, 2.05) is 42.6 Å². The number of H-pyrrole nitrogens is 1. The van der Waals surface area contributed by atoms with Gasteiger partial charge in [-0.25, -0.2) is 4.79 Å². The highest BCUT2D eigenvalue weighted by atomic mass is 79.9. The van der Waals surface area contributed by atoms with Gasteiger partial charge in [-0.15, -0.1) is 0 Å². The van der Waals surface area contributed by atoms with Crippen molar-refractivity contribution < 1.29 is 19.1 Å². The van der Waals surface area contributed by atoms with E-state index in [2.05, 4.69) is 31.5 Å². The molecule has 1 aromatic heterocycles. The van der Waals surface area contributed by atoms with E-state index < -0.39 is 12.1 Å². The number of aromatic amines is 1. The number of hydrogen-bond acceptors (Lipinski definition) is 4. The van der Waals surface area contributed by atoms with Crippen LogP contribution in [0.15, 0.2) is 59.2 Å². The Morgan fingerprint density at radius 3 is 2.54 bits per heavy atom. The van der Waals surface area contributed by atoms with Gasteiger partial charge in [0.25, 0.3) is 0 Å². The molecule has 2 heterocycles. The molecular formula is C26H29BrN4O4. The molecule has 184 valence electrons. The largest absolute Gasteiger partial charge is 0.466 e. The molecule has 3 N–H and O–H groups in total. The van der Waals surface area contributed by atoms with Crippen LogP contribution in [0.2, 0.25) is 0 Å². The number of aromatic nitrogens is 1. The lowest BCUT2D eigenvalue weighted by Gasteiger charge is -2.33. The Hall–Kier alpha value is -3.33.